The number of aromatic nitrogens is 2. The zero-order chi connectivity index (χ0) is 22.0. The highest BCUT2D eigenvalue weighted by atomic mass is 16.6. The van der Waals surface area contributed by atoms with E-state index in [1.165, 1.54) is 0 Å². The van der Waals surface area contributed by atoms with Gasteiger partial charge in [-0.3, -0.25) is 14.8 Å². The molecule has 3 heterocycles. The zero-order valence-electron chi connectivity index (χ0n) is 18.5. The largest absolute Gasteiger partial charge is 0.377 e. The molecule has 32 heavy (non-hydrogen) atoms. The number of carbonyl (C=O) groups is 1. The van der Waals surface area contributed by atoms with E-state index in [-0.39, 0.29) is 17.6 Å². The van der Waals surface area contributed by atoms with Crippen LogP contribution in [0.15, 0.2) is 48.5 Å². The van der Waals surface area contributed by atoms with Crippen LogP contribution in [0.1, 0.15) is 34.5 Å². The molecular weight excluding hydrogens is 404 g/mol. The minimum Gasteiger partial charge on any atom is -0.377 e. The van der Waals surface area contributed by atoms with E-state index in [9.17, 15) is 4.79 Å². The Bertz CT molecular complexity index is 1080. The number of amides is 1. The molecule has 0 radical (unpaired) electrons. The van der Waals surface area contributed by atoms with Crippen LogP contribution in [0.4, 0.5) is 0 Å². The first kappa shape index (κ1) is 21.1. The van der Waals surface area contributed by atoms with Gasteiger partial charge in [0.05, 0.1) is 30.5 Å². The van der Waals surface area contributed by atoms with E-state index in [0.29, 0.717) is 25.3 Å². The van der Waals surface area contributed by atoms with Gasteiger partial charge < -0.3 is 14.8 Å². The molecule has 1 amide bonds. The maximum Gasteiger partial charge on any atom is 0.251 e. The van der Waals surface area contributed by atoms with Crippen molar-refractivity contribution in [1.82, 2.24) is 20.4 Å². The Hall–Kier alpha value is -2.74. The maximum absolute atomic E-state index is 12.5. The average molecular weight is 435 g/mol. The molecule has 0 bridgehead atoms. The first-order valence-electron chi connectivity index (χ1n) is 11.4. The van der Waals surface area contributed by atoms with E-state index in [2.05, 4.69) is 26.5 Å². The number of H-pyrrole nitrogens is 1. The van der Waals surface area contributed by atoms with Gasteiger partial charge in [0, 0.05) is 37.1 Å². The molecule has 5 rings (SSSR count). The van der Waals surface area contributed by atoms with Crippen molar-refractivity contribution in [3.8, 4) is 0 Å². The van der Waals surface area contributed by atoms with Crippen LogP contribution in [0, 0.1) is 6.92 Å². The second-order valence-electron chi connectivity index (χ2n) is 9.02. The SMILES string of the molecule is Cc1ccc(C(=O)NC[C@H]2CC[C@]3(COCCN(Cc4[nH]nc5ccccc45)C3)O2)cc1. The molecule has 0 saturated carbocycles. The van der Waals surface area contributed by atoms with Gasteiger partial charge in [0.25, 0.3) is 5.91 Å². The number of ether oxygens (including phenoxy) is 2. The van der Waals surface area contributed by atoms with E-state index < -0.39 is 0 Å². The van der Waals surface area contributed by atoms with Crippen molar-refractivity contribution in [3.05, 3.63) is 65.4 Å². The fourth-order valence-electron chi connectivity index (χ4n) is 4.75. The molecule has 7 heteroatoms. The van der Waals surface area contributed by atoms with E-state index in [1.54, 1.807) is 0 Å². The second-order valence-corrected chi connectivity index (χ2v) is 9.02. The number of hydrogen-bond donors (Lipinski definition) is 2. The molecule has 2 aliphatic heterocycles. The molecule has 3 aromatic rings. The Labute approximate surface area is 188 Å². The van der Waals surface area contributed by atoms with Gasteiger partial charge in [-0.25, -0.2) is 0 Å². The number of para-hydroxylation sites is 1. The highest BCUT2D eigenvalue weighted by molar-refractivity contribution is 5.94. The molecule has 1 spiro atoms. The standard InChI is InChI=1S/C25H30N4O3/c1-18-6-8-19(9-7-18)24(30)26-14-20-10-11-25(32-20)16-29(12-13-31-17-25)15-23-21-4-2-3-5-22(21)27-28-23/h2-9,20H,10-17H2,1H3,(H,26,30)(H,27,28)/t20-,25+/m1/s1. The Morgan fingerprint density at radius 3 is 2.97 bits per heavy atom. The summed E-state index contributed by atoms with van der Waals surface area (Å²) >= 11 is 0. The number of benzene rings is 2. The van der Waals surface area contributed by atoms with Crippen LogP contribution in [0.25, 0.3) is 10.9 Å². The highest BCUT2D eigenvalue weighted by Gasteiger charge is 2.43. The fourth-order valence-corrected chi connectivity index (χ4v) is 4.75. The van der Waals surface area contributed by atoms with Gasteiger partial charge in [0.2, 0.25) is 0 Å². The number of hydrogen-bond acceptors (Lipinski definition) is 5. The highest BCUT2D eigenvalue weighted by Crippen LogP contribution is 2.33. The van der Waals surface area contributed by atoms with Crippen molar-refractivity contribution in [1.29, 1.82) is 0 Å². The quantitative estimate of drug-likeness (QED) is 0.645. The van der Waals surface area contributed by atoms with Crippen molar-refractivity contribution >= 4 is 16.8 Å². The first-order chi connectivity index (χ1) is 15.6. The van der Waals surface area contributed by atoms with Gasteiger partial charge in [-0.05, 0) is 38.0 Å². The van der Waals surface area contributed by atoms with Crippen LogP contribution in [-0.2, 0) is 16.0 Å². The molecule has 2 N–H and O–H groups in total. The average Bonchev–Trinajstić information content (AvgIpc) is 3.33. The van der Waals surface area contributed by atoms with E-state index in [0.717, 1.165) is 54.6 Å². The van der Waals surface area contributed by atoms with E-state index >= 15 is 0 Å². The number of aryl methyl sites for hydroxylation is 1. The molecule has 7 nitrogen and oxygen atoms in total. The molecular formula is C25H30N4O3. The number of carbonyl (C=O) groups excluding carboxylic acids is 1. The van der Waals surface area contributed by atoms with Crippen LogP contribution in [0.3, 0.4) is 0 Å². The van der Waals surface area contributed by atoms with Gasteiger partial charge in [0.15, 0.2) is 0 Å². The van der Waals surface area contributed by atoms with Gasteiger partial charge in [-0.1, -0.05) is 35.9 Å². The van der Waals surface area contributed by atoms with Crippen molar-refractivity contribution in [2.45, 2.75) is 38.0 Å². The van der Waals surface area contributed by atoms with Crippen molar-refractivity contribution in [2.75, 3.05) is 32.8 Å². The Balaban J connectivity index is 1.20. The molecule has 1 aromatic heterocycles. The molecule has 0 aliphatic carbocycles. The molecule has 2 aliphatic rings. The summed E-state index contributed by atoms with van der Waals surface area (Å²) in [6.45, 7) is 6.25. The smallest absolute Gasteiger partial charge is 0.251 e. The van der Waals surface area contributed by atoms with Crippen molar-refractivity contribution < 1.29 is 14.3 Å². The van der Waals surface area contributed by atoms with Crippen molar-refractivity contribution in [3.63, 3.8) is 0 Å². The van der Waals surface area contributed by atoms with E-state index in [4.69, 9.17) is 9.47 Å². The summed E-state index contributed by atoms with van der Waals surface area (Å²) in [5.41, 5.74) is 3.61. The number of nitrogens with zero attached hydrogens (tertiary/aromatic N) is 2. The molecule has 2 atom stereocenters. The lowest BCUT2D eigenvalue weighted by molar-refractivity contribution is -0.0849. The van der Waals surface area contributed by atoms with Crippen molar-refractivity contribution in [2.24, 2.45) is 0 Å². The number of rotatable bonds is 5. The fraction of sp³-hybridized carbons (Fsp3) is 0.440. The lowest BCUT2D eigenvalue weighted by Gasteiger charge is -2.31. The predicted molar refractivity (Wildman–Crippen MR) is 123 cm³/mol. The maximum atomic E-state index is 12.5. The van der Waals surface area contributed by atoms with Gasteiger partial charge in [0.1, 0.15) is 5.60 Å². The number of aromatic amines is 1. The minimum absolute atomic E-state index is 0.000864. The molecule has 2 fully saturated rings. The summed E-state index contributed by atoms with van der Waals surface area (Å²) in [5, 5.41) is 11.8. The third kappa shape index (κ3) is 4.55. The monoisotopic (exact) mass is 434 g/mol. The Morgan fingerprint density at radius 1 is 1.25 bits per heavy atom. The summed E-state index contributed by atoms with van der Waals surface area (Å²) in [5.74, 6) is -0.0561. The van der Waals surface area contributed by atoms with Crippen LogP contribution < -0.4 is 5.32 Å². The minimum atomic E-state index is -0.328. The number of fused-ring (bicyclic) bond motifs is 1. The summed E-state index contributed by atoms with van der Waals surface area (Å²) < 4.78 is 12.4. The van der Waals surface area contributed by atoms with Crippen LogP contribution in [0.5, 0.6) is 0 Å². The van der Waals surface area contributed by atoms with Crippen LogP contribution in [-0.4, -0.2) is 65.6 Å². The zero-order valence-corrected chi connectivity index (χ0v) is 18.5. The molecule has 2 saturated heterocycles. The van der Waals surface area contributed by atoms with Gasteiger partial charge in [-0.2, -0.15) is 5.10 Å². The first-order valence-corrected chi connectivity index (χ1v) is 11.4. The Morgan fingerprint density at radius 2 is 2.09 bits per heavy atom. The lowest BCUT2D eigenvalue weighted by atomic mass is 10.00. The molecule has 0 unspecified atom stereocenters. The summed E-state index contributed by atoms with van der Waals surface area (Å²) in [6.07, 6.45) is 1.84. The van der Waals surface area contributed by atoms with E-state index in [1.807, 2.05) is 49.4 Å². The third-order valence-electron chi connectivity index (χ3n) is 6.49. The lowest BCUT2D eigenvalue weighted by Crippen LogP contribution is -2.45. The van der Waals surface area contributed by atoms with Gasteiger partial charge in [-0.15, -0.1) is 0 Å². The Kier molecular flexibility index (Phi) is 5.95. The van der Waals surface area contributed by atoms with Gasteiger partial charge >= 0.3 is 0 Å². The number of nitrogens with one attached hydrogen (secondary N) is 2. The summed E-state index contributed by atoms with van der Waals surface area (Å²) in [6, 6.07) is 15.8. The summed E-state index contributed by atoms with van der Waals surface area (Å²) in [7, 11) is 0. The van der Waals surface area contributed by atoms with Crippen LogP contribution in [0.2, 0.25) is 0 Å². The second kappa shape index (κ2) is 9.02. The third-order valence-corrected chi connectivity index (χ3v) is 6.49. The molecule has 2 aromatic carbocycles. The normalized spacial score (nSPS) is 24.1. The van der Waals surface area contributed by atoms with Crippen LogP contribution >= 0.6 is 0 Å². The summed E-state index contributed by atoms with van der Waals surface area (Å²) in [4.78, 5) is 14.9. The topological polar surface area (TPSA) is 79.5 Å². The predicted octanol–water partition coefficient (Wildman–Crippen LogP) is 3.05. The molecule has 168 valence electrons.